The molecule has 0 fully saturated rings. The fraction of sp³-hybridized carbons (Fsp3) is 0.227. The van der Waals surface area contributed by atoms with Crippen molar-refractivity contribution in [1.29, 1.82) is 5.26 Å². The molecule has 2 aromatic carbocycles. The van der Waals surface area contributed by atoms with E-state index in [1.165, 1.54) is 19.2 Å². The normalized spacial score (nSPS) is 10.5. The molecular weight excluding hydrogens is 388 g/mol. The van der Waals surface area contributed by atoms with Crippen LogP contribution in [0.1, 0.15) is 30.0 Å². The van der Waals surface area contributed by atoms with E-state index in [0.717, 1.165) is 0 Å². The third-order valence-electron chi connectivity index (χ3n) is 4.06. The van der Waals surface area contributed by atoms with Crippen LogP contribution in [0.3, 0.4) is 0 Å². The molecule has 0 saturated carbocycles. The zero-order valence-corrected chi connectivity index (χ0v) is 16.7. The Balaban J connectivity index is 1.67. The molecule has 0 radical (unpaired) electrons. The van der Waals surface area contributed by atoms with Gasteiger partial charge in [-0.15, -0.1) is 0 Å². The molecule has 8 heteroatoms. The second kappa shape index (κ2) is 9.01. The number of esters is 1. The lowest BCUT2D eigenvalue weighted by molar-refractivity contribution is -0.119. The van der Waals surface area contributed by atoms with Crippen LogP contribution in [-0.2, 0) is 9.53 Å². The Bertz CT molecular complexity index is 1130. The third kappa shape index (κ3) is 4.52. The van der Waals surface area contributed by atoms with Crippen LogP contribution in [0.25, 0.3) is 11.0 Å². The van der Waals surface area contributed by atoms with Crippen LogP contribution >= 0.6 is 0 Å². The first-order chi connectivity index (χ1) is 14.4. The highest BCUT2D eigenvalue weighted by Crippen LogP contribution is 2.31. The van der Waals surface area contributed by atoms with Gasteiger partial charge in [0.2, 0.25) is 5.76 Å². The molecule has 0 spiro atoms. The number of anilines is 1. The molecule has 8 nitrogen and oxygen atoms in total. The fourth-order valence-electron chi connectivity index (χ4n) is 2.78. The minimum atomic E-state index is -0.697. The van der Waals surface area contributed by atoms with E-state index in [9.17, 15) is 14.9 Å². The number of hydrogen-bond donors (Lipinski definition) is 1. The number of nitriles is 1. The molecule has 1 heterocycles. The number of furan rings is 1. The van der Waals surface area contributed by atoms with Crippen molar-refractivity contribution in [1.82, 2.24) is 0 Å². The number of carbonyl (C=O) groups excluding carboxylic acids is 2. The summed E-state index contributed by atoms with van der Waals surface area (Å²) >= 11 is 0. The molecule has 30 heavy (non-hydrogen) atoms. The van der Waals surface area contributed by atoms with Crippen molar-refractivity contribution in [3.8, 4) is 17.6 Å². The topological polar surface area (TPSA) is 111 Å². The van der Waals surface area contributed by atoms with E-state index in [4.69, 9.17) is 18.6 Å². The Morgan fingerprint density at radius 2 is 1.93 bits per heavy atom. The zero-order valence-electron chi connectivity index (χ0n) is 16.7. The van der Waals surface area contributed by atoms with E-state index in [1.54, 1.807) is 30.3 Å². The lowest BCUT2D eigenvalue weighted by atomic mass is 10.2. The summed E-state index contributed by atoms with van der Waals surface area (Å²) in [6, 6.07) is 13.4. The molecule has 0 aliphatic carbocycles. The SMILES string of the molecule is COc1cc(C(=O)OCC(=O)Nc2c(C#N)oc3ccccc23)ccc1OC(C)C. The van der Waals surface area contributed by atoms with Crippen LogP contribution in [0.5, 0.6) is 11.5 Å². The van der Waals surface area contributed by atoms with Gasteiger partial charge in [0.25, 0.3) is 5.91 Å². The fourth-order valence-corrected chi connectivity index (χ4v) is 2.78. The Hall–Kier alpha value is -3.99. The van der Waals surface area contributed by atoms with Gasteiger partial charge in [-0.25, -0.2) is 4.79 Å². The number of nitrogens with zero attached hydrogens (tertiary/aromatic N) is 1. The average molecular weight is 408 g/mol. The lowest BCUT2D eigenvalue weighted by Gasteiger charge is -2.14. The molecule has 154 valence electrons. The predicted octanol–water partition coefficient (Wildman–Crippen LogP) is 3.90. The molecule has 3 rings (SSSR count). The summed E-state index contributed by atoms with van der Waals surface area (Å²) in [4.78, 5) is 24.6. The van der Waals surface area contributed by atoms with Crippen molar-refractivity contribution >= 4 is 28.5 Å². The van der Waals surface area contributed by atoms with E-state index >= 15 is 0 Å². The summed E-state index contributed by atoms with van der Waals surface area (Å²) in [5, 5.41) is 12.4. The zero-order chi connectivity index (χ0) is 21.7. The molecule has 0 unspecified atom stereocenters. The van der Waals surface area contributed by atoms with E-state index in [2.05, 4.69) is 5.32 Å². The van der Waals surface area contributed by atoms with Crippen molar-refractivity contribution < 1.29 is 28.2 Å². The number of hydrogen-bond acceptors (Lipinski definition) is 7. The van der Waals surface area contributed by atoms with Crippen LogP contribution in [0.2, 0.25) is 0 Å². The highest BCUT2D eigenvalue weighted by atomic mass is 16.5. The maximum absolute atomic E-state index is 12.3. The Labute approximate surface area is 172 Å². The van der Waals surface area contributed by atoms with E-state index in [1.807, 2.05) is 19.9 Å². The van der Waals surface area contributed by atoms with Gasteiger partial charge in [0, 0.05) is 5.39 Å². The van der Waals surface area contributed by atoms with Crippen LogP contribution < -0.4 is 14.8 Å². The van der Waals surface area contributed by atoms with Gasteiger partial charge in [-0.1, -0.05) is 12.1 Å². The van der Waals surface area contributed by atoms with Crippen molar-refractivity contribution in [2.24, 2.45) is 0 Å². The summed E-state index contributed by atoms with van der Waals surface area (Å²) in [7, 11) is 1.47. The first kappa shape index (κ1) is 20.7. The number of amides is 1. The quantitative estimate of drug-likeness (QED) is 0.590. The van der Waals surface area contributed by atoms with Gasteiger partial charge < -0.3 is 23.9 Å². The van der Waals surface area contributed by atoms with Crippen LogP contribution in [0.15, 0.2) is 46.9 Å². The number of nitrogens with one attached hydrogen (secondary N) is 1. The molecular formula is C22H20N2O6. The van der Waals surface area contributed by atoms with E-state index in [0.29, 0.717) is 22.5 Å². The smallest absolute Gasteiger partial charge is 0.338 e. The van der Waals surface area contributed by atoms with Gasteiger partial charge in [0.1, 0.15) is 17.3 Å². The summed E-state index contributed by atoms with van der Waals surface area (Å²) in [5.41, 5.74) is 0.922. The van der Waals surface area contributed by atoms with E-state index < -0.39 is 18.5 Å². The minimum Gasteiger partial charge on any atom is -0.493 e. The van der Waals surface area contributed by atoms with Gasteiger partial charge in [-0.05, 0) is 44.2 Å². The van der Waals surface area contributed by atoms with Gasteiger partial charge in [-0.3, -0.25) is 4.79 Å². The molecule has 0 atom stereocenters. The molecule has 1 amide bonds. The maximum Gasteiger partial charge on any atom is 0.338 e. The van der Waals surface area contributed by atoms with E-state index in [-0.39, 0.29) is 23.1 Å². The van der Waals surface area contributed by atoms with Crippen LogP contribution in [0.4, 0.5) is 5.69 Å². The lowest BCUT2D eigenvalue weighted by Crippen LogP contribution is -2.21. The standard InChI is InChI=1S/C22H20N2O6/c1-13(2)29-17-9-8-14(10-18(17)27-3)22(26)28-12-20(25)24-21-15-6-4-5-7-16(15)30-19(21)11-23/h4-10,13H,12H2,1-3H3,(H,24,25). The molecule has 3 aromatic rings. The molecule has 0 aliphatic heterocycles. The average Bonchev–Trinajstić information content (AvgIpc) is 3.09. The van der Waals surface area contributed by atoms with Gasteiger partial charge >= 0.3 is 5.97 Å². The van der Waals surface area contributed by atoms with Gasteiger partial charge in [0.05, 0.1) is 18.8 Å². The minimum absolute atomic E-state index is 0.0265. The maximum atomic E-state index is 12.3. The highest BCUT2D eigenvalue weighted by Gasteiger charge is 2.18. The highest BCUT2D eigenvalue weighted by molar-refractivity contribution is 6.04. The number of para-hydroxylation sites is 1. The Morgan fingerprint density at radius 1 is 1.17 bits per heavy atom. The third-order valence-corrected chi connectivity index (χ3v) is 4.06. The number of rotatable bonds is 7. The van der Waals surface area contributed by atoms with Gasteiger partial charge in [-0.2, -0.15) is 5.26 Å². The summed E-state index contributed by atoms with van der Waals surface area (Å²) in [6.07, 6.45) is -0.0577. The number of ether oxygens (including phenoxy) is 3. The predicted molar refractivity (Wildman–Crippen MR) is 109 cm³/mol. The number of benzene rings is 2. The van der Waals surface area contributed by atoms with Crippen molar-refractivity contribution in [3.05, 3.63) is 53.8 Å². The molecule has 1 N–H and O–H groups in total. The van der Waals surface area contributed by atoms with Crippen molar-refractivity contribution in [3.63, 3.8) is 0 Å². The Kier molecular flexibility index (Phi) is 6.23. The number of carbonyl (C=O) groups is 2. The molecule has 0 aliphatic rings. The second-order valence-corrected chi connectivity index (χ2v) is 6.57. The summed E-state index contributed by atoms with van der Waals surface area (Å²) in [6.45, 7) is 3.22. The Morgan fingerprint density at radius 3 is 2.63 bits per heavy atom. The number of methoxy groups -OCH3 is 1. The summed E-state index contributed by atoms with van der Waals surface area (Å²) in [5.74, 6) is -0.444. The first-order valence-corrected chi connectivity index (χ1v) is 9.16. The molecule has 0 bridgehead atoms. The van der Waals surface area contributed by atoms with Crippen molar-refractivity contribution in [2.75, 3.05) is 19.0 Å². The molecule has 1 aromatic heterocycles. The first-order valence-electron chi connectivity index (χ1n) is 9.16. The molecule has 0 saturated heterocycles. The monoisotopic (exact) mass is 408 g/mol. The largest absolute Gasteiger partial charge is 0.493 e. The number of fused-ring (bicyclic) bond motifs is 1. The van der Waals surface area contributed by atoms with Gasteiger partial charge in [0.15, 0.2) is 18.1 Å². The summed E-state index contributed by atoms with van der Waals surface area (Å²) < 4.78 is 21.3. The van der Waals surface area contributed by atoms with Crippen LogP contribution in [0, 0.1) is 11.3 Å². The van der Waals surface area contributed by atoms with Crippen LogP contribution in [-0.4, -0.2) is 31.7 Å². The van der Waals surface area contributed by atoms with Crippen molar-refractivity contribution in [2.45, 2.75) is 20.0 Å². The second-order valence-electron chi connectivity index (χ2n) is 6.57.